The van der Waals surface area contributed by atoms with E-state index in [2.05, 4.69) is 21.2 Å². The van der Waals surface area contributed by atoms with Gasteiger partial charge in [0, 0.05) is 10.2 Å². The maximum absolute atomic E-state index is 11.6. The first-order valence-electron chi connectivity index (χ1n) is 6.52. The van der Waals surface area contributed by atoms with Gasteiger partial charge in [-0.3, -0.25) is 5.32 Å². The molecule has 1 amide bonds. The van der Waals surface area contributed by atoms with Crippen molar-refractivity contribution in [3.05, 3.63) is 58.6 Å². The van der Waals surface area contributed by atoms with Gasteiger partial charge in [0.15, 0.2) is 0 Å². The van der Waals surface area contributed by atoms with E-state index in [0.29, 0.717) is 12.3 Å². The number of amides is 1. The second-order valence-electron chi connectivity index (χ2n) is 4.43. The van der Waals surface area contributed by atoms with E-state index in [4.69, 9.17) is 9.47 Å². The van der Waals surface area contributed by atoms with Crippen LogP contribution in [0, 0.1) is 6.92 Å². The van der Waals surface area contributed by atoms with Crippen LogP contribution < -0.4 is 10.1 Å². The first-order valence-corrected chi connectivity index (χ1v) is 7.31. The van der Waals surface area contributed by atoms with Crippen molar-refractivity contribution in [3.8, 4) is 5.75 Å². The van der Waals surface area contributed by atoms with E-state index in [1.54, 1.807) is 0 Å². The largest absolute Gasteiger partial charge is 0.490 e. The number of ether oxygens (including phenoxy) is 2. The van der Waals surface area contributed by atoms with Crippen molar-refractivity contribution >= 4 is 27.7 Å². The molecule has 5 heteroatoms. The molecule has 0 aliphatic carbocycles. The van der Waals surface area contributed by atoms with Gasteiger partial charge in [0.1, 0.15) is 19.0 Å². The zero-order valence-electron chi connectivity index (χ0n) is 11.6. The number of aryl methyl sites for hydroxylation is 1. The number of anilines is 1. The van der Waals surface area contributed by atoms with Crippen LogP contribution in [0.4, 0.5) is 10.5 Å². The van der Waals surface area contributed by atoms with Gasteiger partial charge in [0.2, 0.25) is 0 Å². The van der Waals surface area contributed by atoms with Crippen LogP contribution >= 0.6 is 15.9 Å². The Balaban J connectivity index is 1.68. The van der Waals surface area contributed by atoms with Gasteiger partial charge in [-0.05, 0) is 48.9 Å². The Morgan fingerprint density at radius 2 is 1.90 bits per heavy atom. The molecule has 0 saturated carbocycles. The van der Waals surface area contributed by atoms with E-state index >= 15 is 0 Å². The minimum Gasteiger partial charge on any atom is -0.490 e. The van der Waals surface area contributed by atoms with Gasteiger partial charge < -0.3 is 9.47 Å². The second-order valence-corrected chi connectivity index (χ2v) is 5.35. The van der Waals surface area contributed by atoms with Crippen molar-refractivity contribution in [2.45, 2.75) is 6.92 Å². The third kappa shape index (κ3) is 5.47. The molecule has 0 bridgehead atoms. The summed E-state index contributed by atoms with van der Waals surface area (Å²) in [6.07, 6.45) is -0.486. The molecule has 0 fully saturated rings. The zero-order chi connectivity index (χ0) is 15.1. The maximum atomic E-state index is 11.6. The van der Waals surface area contributed by atoms with Crippen molar-refractivity contribution < 1.29 is 14.3 Å². The summed E-state index contributed by atoms with van der Waals surface area (Å²) < 4.78 is 11.5. The van der Waals surface area contributed by atoms with Crippen LogP contribution in [0.3, 0.4) is 0 Å². The molecule has 2 aromatic carbocycles. The SMILES string of the molecule is Cc1cccc(NC(=O)OCCOc2ccc(Br)cc2)c1. The lowest BCUT2D eigenvalue weighted by atomic mass is 10.2. The van der Waals surface area contributed by atoms with Gasteiger partial charge in [-0.2, -0.15) is 0 Å². The topological polar surface area (TPSA) is 47.6 Å². The third-order valence-corrected chi connectivity index (χ3v) is 3.19. The Hall–Kier alpha value is -2.01. The number of carbonyl (C=O) groups is 1. The van der Waals surface area contributed by atoms with Crippen molar-refractivity contribution in [3.63, 3.8) is 0 Å². The van der Waals surface area contributed by atoms with Gasteiger partial charge in [-0.1, -0.05) is 28.1 Å². The summed E-state index contributed by atoms with van der Waals surface area (Å²) in [5.41, 5.74) is 1.79. The van der Waals surface area contributed by atoms with E-state index in [1.165, 1.54) is 0 Å². The Labute approximate surface area is 132 Å². The average Bonchev–Trinajstić information content (AvgIpc) is 2.45. The molecule has 2 aromatic rings. The molecule has 4 nitrogen and oxygen atoms in total. The second kappa shape index (κ2) is 7.69. The molecule has 0 unspecified atom stereocenters. The number of carbonyl (C=O) groups excluding carboxylic acids is 1. The Kier molecular flexibility index (Phi) is 5.63. The summed E-state index contributed by atoms with van der Waals surface area (Å²) in [6.45, 7) is 2.46. The number of nitrogens with one attached hydrogen (secondary N) is 1. The molecule has 110 valence electrons. The van der Waals surface area contributed by atoms with Crippen LogP contribution in [-0.2, 0) is 4.74 Å². The highest BCUT2D eigenvalue weighted by Crippen LogP contribution is 2.16. The molecule has 2 rings (SSSR count). The summed E-state index contributed by atoms with van der Waals surface area (Å²) in [5.74, 6) is 0.737. The van der Waals surface area contributed by atoms with E-state index in [1.807, 2.05) is 55.5 Å². The molecule has 1 N–H and O–H groups in total. The molecule has 0 aliphatic rings. The van der Waals surface area contributed by atoms with Crippen LogP contribution in [-0.4, -0.2) is 19.3 Å². The molecule has 0 aromatic heterocycles. The molecule has 0 saturated heterocycles. The quantitative estimate of drug-likeness (QED) is 0.814. The number of hydrogen-bond donors (Lipinski definition) is 1. The normalized spacial score (nSPS) is 10.0. The van der Waals surface area contributed by atoms with Crippen molar-refractivity contribution in [2.75, 3.05) is 18.5 Å². The van der Waals surface area contributed by atoms with Crippen molar-refractivity contribution in [1.29, 1.82) is 0 Å². The van der Waals surface area contributed by atoms with Crippen LogP contribution in [0.25, 0.3) is 0 Å². The summed E-state index contributed by atoms with van der Waals surface area (Å²) >= 11 is 3.35. The highest BCUT2D eigenvalue weighted by atomic mass is 79.9. The number of halogens is 1. The highest BCUT2D eigenvalue weighted by molar-refractivity contribution is 9.10. The minimum atomic E-state index is -0.486. The third-order valence-electron chi connectivity index (χ3n) is 2.66. The Bertz CT molecular complexity index is 599. The van der Waals surface area contributed by atoms with Crippen LogP contribution in [0.5, 0.6) is 5.75 Å². The van der Waals surface area contributed by atoms with Crippen molar-refractivity contribution in [1.82, 2.24) is 0 Å². The predicted octanol–water partition coefficient (Wildman–Crippen LogP) is 4.39. The summed E-state index contributed by atoms with van der Waals surface area (Å²) in [5, 5.41) is 2.67. The molecule has 21 heavy (non-hydrogen) atoms. The first-order chi connectivity index (χ1) is 10.1. The fourth-order valence-electron chi connectivity index (χ4n) is 1.70. The standard InChI is InChI=1S/C16H16BrNO3/c1-12-3-2-4-14(11-12)18-16(19)21-10-9-20-15-7-5-13(17)6-8-15/h2-8,11H,9-10H2,1H3,(H,18,19). The Morgan fingerprint density at radius 3 is 2.62 bits per heavy atom. The Morgan fingerprint density at radius 1 is 1.14 bits per heavy atom. The average molecular weight is 350 g/mol. The lowest BCUT2D eigenvalue weighted by molar-refractivity contribution is 0.138. The van der Waals surface area contributed by atoms with E-state index < -0.39 is 6.09 Å². The summed E-state index contributed by atoms with van der Waals surface area (Å²) in [7, 11) is 0. The van der Waals surface area contributed by atoms with Crippen molar-refractivity contribution in [2.24, 2.45) is 0 Å². The van der Waals surface area contributed by atoms with Gasteiger partial charge in [0.25, 0.3) is 0 Å². The molecule has 0 radical (unpaired) electrons. The maximum Gasteiger partial charge on any atom is 0.411 e. The lowest BCUT2D eigenvalue weighted by Gasteiger charge is -2.09. The summed E-state index contributed by atoms with van der Waals surface area (Å²) in [4.78, 5) is 11.6. The lowest BCUT2D eigenvalue weighted by Crippen LogP contribution is -2.17. The minimum absolute atomic E-state index is 0.188. The molecule has 0 atom stereocenters. The van der Waals surface area contributed by atoms with E-state index in [9.17, 15) is 4.79 Å². The number of hydrogen-bond acceptors (Lipinski definition) is 3. The monoisotopic (exact) mass is 349 g/mol. The fourth-order valence-corrected chi connectivity index (χ4v) is 1.97. The number of rotatable bonds is 5. The van der Waals surface area contributed by atoms with Crippen LogP contribution in [0.2, 0.25) is 0 Å². The van der Waals surface area contributed by atoms with Crippen LogP contribution in [0.1, 0.15) is 5.56 Å². The molecule has 0 aliphatic heterocycles. The molecule has 0 heterocycles. The predicted molar refractivity (Wildman–Crippen MR) is 85.8 cm³/mol. The highest BCUT2D eigenvalue weighted by Gasteiger charge is 2.03. The first kappa shape index (κ1) is 15.4. The molecule has 0 spiro atoms. The number of benzene rings is 2. The van der Waals surface area contributed by atoms with Gasteiger partial charge in [-0.25, -0.2) is 4.79 Å². The van der Waals surface area contributed by atoms with E-state index in [-0.39, 0.29) is 6.61 Å². The fraction of sp³-hybridized carbons (Fsp3) is 0.188. The zero-order valence-corrected chi connectivity index (χ0v) is 13.2. The van der Waals surface area contributed by atoms with Gasteiger partial charge in [0.05, 0.1) is 0 Å². The summed E-state index contributed by atoms with van der Waals surface area (Å²) in [6, 6.07) is 15.0. The smallest absolute Gasteiger partial charge is 0.411 e. The molecular weight excluding hydrogens is 334 g/mol. The van der Waals surface area contributed by atoms with Gasteiger partial charge in [-0.15, -0.1) is 0 Å². The van der Waals surface area contributed by atoms with Gasteiger partial charge >= 0.3 is 6.09 Å². The van der Waals surface area contributed by atoms with Crippen LogP contribution in [0.15, 0.2) is 53.0 Å². The van der Waals surface area contributed by atoms with E-state index in [0.717, 1.165) is 15.8 Å². The molecular formula is C16H16BrNO3.